The maximum Gasteiger partial charge on any atom is 0.458 e. The molecule has 0 atom stereocenters. The molecule has 0 unspecified atom stereocenters. The van der Waals surface area contributed by atoms with E-state index < -0.39 is 98.1 Å². The van der Waals surface area contributed by atoms with Gasteiger partial charge in [-0.15, -0.1) is 0 Å². The summed E-state index contributed by atoms with van der Waals surface area (Å²) >= 11 is 0. The molecule has 32 heavy (non-hydrogen) atoms. The lowest BCUT2D eigenvalue weighted by molar-refractivity contribution is -0.253. The SMILES string of the molecule is O=C1C(c2c(F)c(F)c(F)c(F)c2F)=C(C(F)(F)C(F)(F)F)c2c(F)c(F)c(F)c(F)c21. The van der Waals surface area contributed by atoms with Gasteiger partial charge in [0.15, 0.2) is 52.3 Å². The summed E-state index contributed by atoms with van der Waals surface area (Å²) < 4.78 is 191. The number of alkyl halides is 5. The monoisotopic (exact) mass is 486 g/mol. The Hall–Kier alpha value is -3.13. The minimum atomic E-state index is -6.85. The third kappa shape index (κ3) is 2.82. The molecule has 0 aromatic heterocycles. The number of Topliss-reactive ketones (excluding diaryl/α,β-unsaturated/α-hetero) is 1. The van der Waals surface area contributed by atoms with E-state index in [4.69, 9.17) is 0 Å². The van der Waals surface area contributed by atoms with Crippen LogP contribution < -0.4 is 0 Å². The van der Waals surface area contributed by atoms with Crippen LogP contribution in [0.4, 0.5) is 61.5 Å². The van der Waals surface area contributed by atoms with Gasteiger partial charge in [-0.25, -0.2) is 39.5 Å². The summed E-state index contributed by atoms with van der Waals surface area (Å²) in [5.41, 5.74) is -13.6. The highest BCUT2D eigenvalue weighted by atomic mass is 19.4. The summed E-state index contributed by atoms with van der Waals surface area (Å²) in [5, 5.41) is 0. The molecule has 2 aromatic carbocycles. The van der Waals surface area contributed by atoms with E-state index in [9.17, 15) is 66.3 Å². The van der Waals surface area contributed by atoms with Gasteiger partial charge in [-0.3, -0.25) is 4.79 Å². The lowest BCUT2D eigenvalue weighted by Gasteiger charge is -2.23. The van der Waals surface area contributed by atoms with Crippen molar-refractivity contribution < 1.29 is 66.3 Å². The Bertz CT molecular complexity index is 1210. The Balaban J connectivity index is 2.65. The first kappa shape index (κ1) is 23.5. The minimum absolute atomic E-state index is 2.38. The fourth-order valence-electron chi connectivity index (χ4n) is 2.96. The maximum absolute atomic E-state index is 14.2. The Morgan fingerprint density at radius 2 is 0.750 bits per heavy atom. The zero-order valence-electron chi connectivity index (χ0n) is 14.2. The highest BCUT2D eigenvalue weighted by molar-refractivity contribution is 6.40. The first-order chi connectivity index (χ1) is 14.5. The molecule has 0 radical (unpaired) electrons. The highest BCUT2D eigenvalue weighted by Gasteiger charge is 2.64. The second-order valence-electron chi connectivity index (χ2n) is 6.10. The van der Waals surface area contributed by atoms with Crippen molar-refractivity contribution in [1.82, 2.24) is 0 Å². The second-order valence-corrected chi connectivity index (χ2v) is 6.10. The number of carbonyl (C=O) groups excluding carboxylic acids is 1. The molecule has 172 valence electrons. The maximum atomic E-state index is 14.2. The standard InChI is InChI=1S/C17F14O/c18-6-1-4(9(21)13(25)10(6)22)15(32)2(5(1)16(27,28)17(29,30)31)3-7(19)11(23)14(26)12(24)8(3)20. The number of rotatable bonds is 2. The van der Waals surface area contributed by atoms with E-state index in [-0.39, 0.29) is 0 Å². The lowest BCUT2D eigenvalue weighted by Crippen LogP contribution is -2.38. The average molecular weight is 486 g/mol. The van der Waals surface area contributed by atoms with Crippen LogP contribution in [-0.4, -0.2) is 17.9 Å². The van der Waals surface area contributed by atoms with Crippen molar-refractivity contribution in [3.05, 3.63) is 69.0 Å². The van der Waals surface area contributed by atoms with Crippen LogP contribution in [0.5, 0.6) is 0 Å². The van der Waals surface area contributed by atoms with Crippen LogP contribution in [0.25, 0.3) is 11.1 Å². The van der Waals surface area contributed by atoms with E-state index in [1.54, 1.807) is 0 Å². The molecule has 0 bridgehead atoms. The van der Waals surface area contributed by atoms with E-state index >= 15 is 0 Å². The predicted molar refractivity (Wildman–Crippen MR) is 74.7 cm³/mol. The molecule has 0 saturated heterocycles. The molecule has 0 spiro atoms. The Kier molecular flexibility index (Phi) is 5.10. The van der Waals surface area contributed by atoms with Crippen LogP contribution in [0.2, 0.25) is 0 Å². The number of ketones is 1. The van der Waals surface area contributed by atoms with E-state index in [0.29, 0.717) is 0 Å². The topological polar surface area (TPSA) is 17.1 Å². The molecule has 0 saturated carbocycles. The summed E-state index contributed by atoms with van der Waals surface area (Å²) in [4.78, 5) is 12.3. The first-order valence-corrected chi connectivity index (χ1v) is 7.60. The van der Waals surface area contributed by atoms with Crippen molar-refractivity contribution >= 4 is 16.9 Å². The van der Waals surface area contributed by atoms with Crippen LogP contribution in [-0.2, 0) is 0 Å². The molecule has 0 heterocycles. The van der Waals surface area contributed by atoms with Crippen LogP contribution >= 0.6 is 0 Å². The normalized spacial score (nSPS) is 14.5. The molecule has 0 aliphatic heterocycles. The van der Waals surface area contributed by atoms with Crippen molar-refractivity contribution in [2.75, 3.05) is 0 Å². The van der Waals surface area contributed by atoms with Gasteiger partial charge < -0.3 is 0 Å². The van der Waals surface area contributed by atoms with Gasteiger partial charge >= 0.3 is 12.1 Å². The summed E-state index contributed by atoms with van der Waals surface area (Å²) in [6, 6.07) is 0. The predicted octanol–water partition coefficient (Wildman–Crippen LogP) is 6.24. The second kappa shape index (κ2) is 6.93. The van der Waals surface area contributed by atoms with Crippen molar-refractivity contribution in [1.29, 1.82) is 0 Å². The fourth-order valence-corrected chi connectivity index (χ4v) is 2.96. The van der Waals surface area contributed by atoms with Crippen LogP contribution in [0.3, 0.4) is 0 Å². The first-order valence-electron chi connectivity index (χ1n) is 7.60. The van der Waals surface area contributed by atoms with Gasteiger partial charge in [0, 0.05) is 11.1 Å². The molecule has 2 aromatic rings. The summed E-state index contributed by atoms with van der Waals surface area (Å²) in [6.45, 7) is 0. The number of hydrogen-bond acceptors (Lipinski definition) is 1. The fraction of sp³-hybridized carbons (Fsp3) is 0.118. The van der Waals surface area contributed by atoms with Crippen LogP contribution in [0.15, 0.2) is 0 Å². The van der Waals surface area contributed by atoms with Gasteiger partial charge in [-0.05, 0) is 0 Å². The molecule has 0 N–H and O–H groups in total. The molecule has 3 rings (SSSR count). The van der Waals surface area contributed by atoms with Crippen molar-refractivity contribution in [2.45, 2.75) is 12.1 Å². The van der Waals surface area contributed by atoms with Gasteiger partial charge in [0.1, 0.15) is 0 Å². The highest BCUT2D eigenvalue weighted by Crippen LogP contribution is 2.55. The van der Waals surface area contributed by atoms with Gasteiger partial charge in [-0.2, -0.15) is 22.0 Å². The van der Waals surface area contributed by atoms with Gasteiger partial charge in [0.25, 0.3) is 0 Å². The van der Waals surface area contributed by atoms with Crippen molar-refractivity contribution in [3.8, 4) is 0 Å². The summed E-state index contributed by atoms with van der Waals surface area (Å²) in [7, 11) is 0. The summed E-state index contributed by atoms with van der Waals surface area (Å²) in [6.07, 6.45) is -6.85. The molecule has 1 aliphatic rings. The lowest BCUT2D eigenvalue weighted by atomic mass is 9.93. The zero-order chi connectivity index (χ0) is 24.7. The molecular formula is C17F14O. The number of allylic oxidation sites excluding steroid dienone is 2. The number of carbonyl (C=O) groups is 1. The van der Waals surface area contributed by atoms with Gasteiger partial charge in [0.2, 0.25) is 5.82 Å². The number of fused-ring (bicyclic) bond motifs is 1. The van der Waals surface area contributed by atoms with E-state index in [2.05, 4.69) is 0 Å². The Labute approximate surface area is 165 Å². The molecule has 1 aliphatic carbocycles. The third-order valence-corrected chi connectivity index (χ3v) is 4.35. The van der Waals surface area contributed by atoms with Crippen molar-refractivity contribution in [3.63, 3.8) is 0 Å². The Morgan fingerprint density at radius 3 is 1.12 bits per heavy atom. The average Bonchev–Trinajstić information content (AvgIpc) is 3.00. The molecule has 1 nitrogen and oxygen atoms in total. The molecular weight excluding hydrogens is 486 g/mol. The summed E-state index contributed by atoms with van der Waals surface area (Å²) in [5.74, 6) is -36.1. The van der Waals surface area contributed by atoms with Gasteiger partial charge in [-0.1, -0.05) is 0 Å². The van der Waals surface area contributed by atoms with Gasteiger partial charge in [0.05, 0.1) is 16.7 Å². The zero-order valence-corrected chi connectivity index (χ0v) is 14.2. The number of halogens is 14. The van der Waals surface area contributed by atoms with E-state index in [1.807, 2.05) is 0 Å². The smallest absolute Gasteiger partial charge is 0.288 e. The minimum Gasteiger partial charge on any atom is -0.288 e. The van der Waals surface area contributed by atoms with Crippen molar-refractivity contribution in [2.24, 2.45) is 0 Å². The number of hydrogen-bond donors (Lipinski definition) is 0. The number of benzene rings is 2. The van der Waals surface area contributed by atoms with E-state index in [0.717, 1.165) is 0 Å². The van der Waals surface area contributed by atoms with Crippen LogP contribution in [0, 0.1) is 52.4 Å². The molecule has 0 amide bonds. The molecule has 0 fully saturated rings. The third-order valence-electron chi connectivity index (χ3n) is 4.35. The quantitative estimate of drug-likeness (QED) is 0.279. The van der Waals surface area contributed by atoms with E-state index in [1.165, 1.54) is 0 Å². The molecule has 15 heteroatoms. The largest absolute Gasteiger partial charge is 0.458 e. The Morgan fingerprint density at radius 1 is 0.438 bits per heavy atom. The van der Waals surface area contributed by atoms with Crippen LogP contribution in [0.1, 0.15) is 21.5 Å².